The van der Waals surface area contributed by atoms with E-state index in [2.05, 4.69) is 33.4 Å². The number of halogens is 3. The van der Waals surface area contributed by atoms with E-state index < -0.39 is 11.6 Å². The third kappa shape index (κ3) is 2.83. The molecule has 0 saturated heterocycles. The largest absolute Gasteiger partial charge is 0.381 e. The second-order valence-corrected chi connectivity index (χ2v) is 6.88. The minimum Gasteiger partial charge on any atom is -0.381 e. The molecule has 0 amide bonds. The van der Waals surface area contributed by atoms with Crippen LogP contribution in [-0.4, -0.2) is 11.8 Å². The van der Waals surface area contributed by atoms with Crippen molar-refractivity contribution in [2.45, 2.75) is 16.6 Å². The summed E-state index contributed by atoms with van der Waals surface area (Å²) in [5, 5.41) is 3.35. The molecule has 1 N–H and O–H groups in total. The summed E-state index contributed by atoms with van der Waals surface area (Å²) in [4.78, 5) is 1.28. The van der Waals surface area contributed by atoms with Crippen LogP contribution in [0.15, 0.2) is 45.8 Å². The summed E-state index contributed by atoms with van der Waals surface area (Å²) in [5.74, 6) is -0.907. The molecule has 0 spiro atoms. The number of hydrogen-bond donors (Lipinski definition) is 1. The van der Waals surface area contributed by atoms with E-state index in [1.54, 1.807) is 11.8 Å². The molecule has 3 rings (SSSR count). The standard InChI is InChI=1S/C15H12BrF2NS/c16-11-6-13(18)14(7-12(11)17)19-8-10-5-9-3-1-2-4-15(9)20-10/h1-4,6-7,10,19H,5,8H2. The fourth-order valence-corrected chi connectivity index (χ4v) is 3.81. The lowest BCUT2D eigenvalue weighted by molar-refractivity contribution is 0.596. The second-order valence-electron chi connectivity index (χ2n) is 4.68. The van der Waals surface area contributed by atoms with E-state index in [1.807, 2.05) is 12.1 Å². The lowest BCUT2D eigenvalue weighted by Crippen LogP contribution is -2.16. The zero-order chi connectivity index (χ0) is 14.1. The maximum Gasteiger partial charge on any atom is 0.147 e. The van der Waals surface area contributed by atoms with Crippen LogP contribution in [0.2, 0.25) is 0 Å². The Hall–Kier alpha value is -1.07. The van der Waals surface area contributed by atoms with Gasteiger partial charge in [0.25, 0.3) is 0 Å². The molecule has 104 valence electrons. The first kappa shape index (κ1) is 13.9. The molecular formula is C15H12BrF2NS. The fraction of sp³-hybridized carbons (Fsp3) is 0.200. The molecule has 1 nitrogen and oxygen atoms in total. The number of hydrogen-bond acceptors (Lipinski definition) is 2. The van der Waals surface area contributed by atoms with Crippen LogP contribution in [0.4, 0.5) is 14.5 Å². The predicted octanol–water partition coefficient (Wildman–Crippen LogP) is 4.86. The van der Waals surface area contributed by atoms with Crippen molar-refractivity contribution in [3.63, 3.8) is 0 Å². The molecule has 0 radical (unpaired) electrons. The van der Waals surface area contributed by atoms with Gasteiger partial charge in [-0.15, -0.1) is 11.8 Å². The second kappa shape index (κ2) is 5.74. The molecule has 2 aromatic rings. The average molecular weight is 356 g/mol. The van der Waals surface area contributed by atoms with Crippen molar-refractivity contribution < 1.29 is 8.78 Å². The van der Waals surface area contributed by atoms with Gasteiger partial charge in [0.05, 0.1) is 10.2 Å². The minimum absolute atomic E-state index is 0.142. The molecular weight excluding hydrogens is 344 g/mol. The van der Waals surface area contributed by atoms with E-state index in [0.717, 1.165) is 12.5 Å². The third-order valence-electron chi connectivity index (χ3n) is 3.24. The Balaban J connectivity index is 1.66. The van der Waals surface area contributed by atoms with Crippen LogP contribution in [0.3, 0.4) is 0 Å². The van der Waals surface area contributed by atoms with E-state index in [-0.39, 0.29) is 10.2 Å². The Kier molecular flexibility index (Phi) is 3.98. The summed E-state index contributed by atoms with van der Waals surface area (Å²) in [6, 6.07) is 10.6. The van der Waals surface area contributed by atoms with E-state index >= 15 is 0 Å². The highest BCUT2D eigenvalue weighted by Crippen LogP contribution is 2.36. The number of benzene rings is 2. The van der Waals surface area contributed by atoms with Gasteiger partial charge in [-0.05, 0) is 40.0 Å². The van der Waals surface area contributed by atoms with Crippen LogP contribution in [0.5, 0.6) is 0 Å². The summed E-state index contributed by atoms with van der Waals surface area (Å²) in [7, 11) is 0. The summed E-state index contributed by atoms with van der Waals surface area (Å²) in [6.45, 7) is 0.608. The predicted molar refractivity (Wildman–Crippen MR) is 82.3 cm³/mol. The van der Waals surface area contributed by atoms with Crippen LogP contribution in [0.25, 0.3) is 0 Å². The third-order valence-corrected chi connectivity index (χ3v) is 5.17. The Bertz CT molecular complexity index is 623. The first-order chi connectivity index (χ1) is 9.63. The molecule has 0 aliphatic carbocycles. The highest BCUT2D eigenvalue weighted by atomic mass is 79.9. The van der Waals surface area contributed by atoms with Crippen molar-refractivity contribution >= 4 is 33.4 Å². The van der Waals surface area contributed by atoms with E-state index in [9.17, 15) is 8.78 Å². The van der Waals surface area contributed by atoms with Gasteiger partial charge in [0.15, 0.2) is 0 Å². The molecule has 1 atom stereocenters. The zero-order valence-electron chi connectivity index (χ0n) is 10.5. The maximum atomic E-state index is 13.7. The van der Waals surface area contributed by atoms with Crippen molar-refractivity contribution in [1.82, 2.24) is 0 Å². The van der Waals surface area contributed by atoms with Crippen molar-refractivity contribution in [3.8, 4) is 0 Å². The van der Waals surface area contributed by atoms with Crippen molar-refractivity contribution in [2.75, 3.05) is 11.9 Å². The van der Waals surface area contributed by atoms with Gasteiger partial charge in [0, 0.05) is 22.8 Å². The van der Waals surface area contributed by atoms with Crippen molar-refractivity contribution in [2.24, 2.45) is 0 Å². The van der Waals surface area contributed by atoms with Gasteiger partial charge in [-0.3, -0.25) is 0 Å². The van der Waals surface area contributed by atoms with E-state index in [4.69, 9.17) is 0 Å². The fourth-order valence-electron chi connectivity index (χ4n) is 2.25. The number of nitrogens with one attached hydrogen (secondary N) is 1. The summed E-state index contributed by atoms with van der Waals surface area (Å²) in [6.07, 6.45) is 0.953. The summed E-state index contributed by atoms with van der Waals surface area (Å²) < 4.78 is 27.3. The quantitative estimate of drug-likeness (QED) is 0.789. The molecule has 1 aliphatic rings. The molecule has 1 heterocycles. The SMILES string of the molecule is Fc1cc(NCC2Cc3ccccc3S2)c(F)cc1Br. The van der Waals surface area contributed by atoms with Gasteiger partial charge in [-0.1, -0.05) is 18.2 Å². The van der Waals surface area contributed by atoms with Gasteiger partial charge < -0.3 is 5.32 Å². The highest BCUT2D eigenvalue weighted by molar-refractivity contribution is 9.10. The maximum absolute atomic E-state index is 13.7. The Morgan fingerprint density at radius 1 is 1.20 bits per heavy atom. The Labute approximate surface area is 128 Å². The van der Waals surface area contributed by atoms with Gasteiger partial charge in [-0.25, -0.2) is 8.78 Å². The van der Waals surface area contributed by atoms with Crippen LogP contribution < -0.4 is 5.32 Å². The average Bonchev–Trinajstić information content (AvgIpc) is 2.84. The van der Waals surface area contributed by atoms with Crippen LogP contribution in [0, 0.1) is 11.6 Å². The topological polar surface area (TPSA) is 12.0 Å². The normalized spacial score (nSPS) is 17.1. The Morgan fingerprint density at radius 2 is 2.00 bits per heavy atom. The molecule has 0 fully saturated rings. The zero-order valence-corrected chi connectivity index (χ0v) is 12.9. The highest BCUT2D eigenvalue weighted by Gasteiger charge is 2.21. The van der Waals surface area contributed by atoms with Gasteiger partial charge in [0.2, 0.25) is 0 Å². The molecule has 5 heteroatoms. The number of anilines is 1. The first-order valence-corrected chi connectivity index (χ1v) is 7.94. The van der Waals surface area contributed by atoms with Crippen LogP contribution in [-0.2, 0) is 6.42 Å². The minimum atomic E-state index is -0.462. The Morgan fingerprint density at radius 3 is 2.80 bits per heavy atom. The monoisotopic (exact) mass is 355 g/mol. The molecule has 0 bridgehead atoms. The summed E-state index contributed by atoms with van der Waals surface area (Å²) in [5.41, 5.74) is 1.54. The van der Waals surface area contributed by atoms with Crippen LogP contribution >= 0.6 is 27.7 Å². The molecule has 20 heavy (non-hydrogen) atoms. The molecule has 2 aromatic carbocycles. The molecule has 1 unspecified atom stereocenters. The van der Waals surface area contributed by atoms with Gasteiger partial charge >= 0.3 is 0 Å². The van der Waals surface area contributed by atoms with Gasteiger partial charge in [-0.2, -0.15) is 0 Å². The first-order valence-electron chi connectivity index (χ1n) is 6.26. The van der Waals surface area contributed by atoms with Crippen molar-refractivity contribution in [3.05, 3.63) is 58.1 Å². The molecule has 0 aromatic heterocycles. The van der Waals surface area contributed by atoms with E-state index in [1.165, 1.54) is 16.5 Å². The smallest absolute Gasteiger partial charge is 0.147 e. The van der Waals surface area contributed by atoms with Crippen LogP contribution in [0.1, 0.15) is 5.56 Å². The molecule has 0 saturated carbocycles. The molecule has 1 aliphatic heterocycles. The van der Waals surface area contributed by atoms with Gasteiger partial charge in [0.1, 0.15) is 11.6 Å². The lowest BCUT2D eigenvalue weighted by atomic mass is 10.1. The van der Waals surface area contributed by atoms with Crippen molar-refractivity contribution in [1.29, 1.82) is 0 Å². The number of fused-ring (bicyclic) bond motifs is 1. The van der Waals surface area contributed by atoms with E-state index in [0.29, 0.717) is 11.8 Å². The summed E-state index contributed by atoms with van der Waals surface area (Å²) >= 11 is 4.75. The number of thioether (sulfide) groups is 1. The number of rotatable bonds is 3. The lowest BCUT2D eigenvalue weighted by Gasteiger charge is -2.12.